The lowest BCUT2D eigenvalue weighted by Gasteiger charge is -2.15. The first-order valence-corrected chi connectivity index (χ1v) is 13.4. The van der Waals surface area contributed by atoms with Gasteiger partial charge in [0.15, 0.2) is 15.8 Å². The lowest BCUT2D eigenvalue weighted by atomic mass is 10.1. The summed E-state index contributed by atoms with van der Waals surface area (Å²) in [7, 11) is 0. The number of nitrogens with zero attached hydrogens (tertiary/aromatic N) is 1. The van der Waals surface area contributed by atoms with Gasteiger partial charge in [-0.25, -0.2) is 4.39 Å². The molecule has 1 saturated heterocycles. The van der Waals surface area contributed by atoms with Gasteiger partial charge in [-0.05, 0) is 89.2 Å². The van der Waals surface area contributed by atoms with Crippen molar-refractivity contribution in [3.8, 4) is 11.5 Å². The number of thiocarbonyl (C=S) groups is 1. The molecule has 0 radical (unpaired) electrons. The summed E-state index contributed by atoms with van der Waals surface area (Å²) in [6.07, 6.45) is 1.75. The summed E-state index contributed by atoms with van der Waals surface area (Å²) in [5.74, 6) is 0.319. The second-order valence-electron chi connectivity index (χ2n) is 7.29. The Balaban J connectivity index is 1.60. The van der Waals surface area contributed by atoms with Crippen molar-refractivity contribution in [2.75, 3.05) is 11.5 Å². The number of halogens is 4. The molecule has 0 N–H and O–H groups in total. The zero-order valence-corrected chi connectivity index (χ0v) is 23.5. The van der Waals surface area contributed by atoms with Crippen molar-refractivity contribution in [2.24, 2.45) is 0 Å². The first-order valence-electron chi connectivity index (χ1n) is 10.3. The number of thioether (sulfide) groups is 1. The Hall–Kier alpha value is -1.85. The molecule has 0 atom stereocenters. The van der Waals surface area contributed by atoms with Crippen molar-refractivity contribution < 1.29 is 18.7 Å². The molecule has 0 aliphatic carbocycles. The molecule has 1 fully saturated rings. The Morgan fingerprint density at radius 3 is 2.54 bits per heavy atom. The molecule has 1 heterocycles. The van der Waals surface area contributed by atoms with E-state index < -0.39 is 5.82 Å². The first-order chi connectivity index (χ1) is 16.8. The molecule has 0 saturated carbocycles. The maximum atomic E-state index is 13.6. The van der Waals surface area contributed by atoms with Crippen LogP contribution >= 0.6 is 69.8 Å². The zero-order chi connectivity index (χ0) is 25.1. The molecule has 0 aromatic heterocycles. The van der Waals surface area contributed by atoms with Crippen LogP contribution in [0.25, 0.3) is 6.08 Å². The van der Waals surface area contributed by atoms with Gasteiger partial charge >= 0.3 is 0 Å². The van der Waals surface area contributed by atoms with E-state index in [0.717, 1.165) is 14.7 Å². The van der Waals surface area contributed by atoms with E-state index in [1.807, 2.05) is 43.3 Å². The van der Waals surface area contributed by atoms with Crippen LogP contribution in [0.2, 0.25) is 10.0 Å². The molecule has 4 nitrogen and oxygen atoms in total. The summed E-state index contributed by atoms with van der Waals surface area (Å²) < 4.78 is 26.6. The Morgan fingerprint density at radius 2 is 1.86 bits per heavy atom. The van der Waals surface area contributed by atoms with Crippen LogP contribution in [0.4, 0.5) is 10.1 Å². The van der Waals surface area contributed by atoms with Crippen LogP contribution in [-0.2, 0) is 11.4 Å². The number of hydrogen-bond donors (Lipinski definition) is 0. The number of carbonyl (C=O) groups excluding carboxylic acids is 1. The van der Waals surface area contributed by atoms with Gasteiger partial charge in [0, 0.05) is 5.02 Å². The highest BCUT2D eigenvalue weighted by Crippen LogP contribution is 2.39. The highest BCUT2D eigenvalue weighted by atomic mass is 127. The maximum absolute atomic E-state index is 13.6. The van der Waals surface area contributed by atoms with Crippen molar-refractivity contribution in [3.05, 3.63) is 90.1 Å². The first kappa shape index (κ1) is 26.2. The molecule has 3 aromatic carbocycles. The van der Waals surface area contributed by atoms with Crippen LogP contribution in [0, 0.1) is 9.39 Å². The Kier molecular flexibility index (Phi) is 8.59. The summed E-state index contributed by atoms with van der Waals surface area (Å²) in [6, 6.07) is 15.2. The highest BCUT2D eigenvalue weighted by Gasteiger charge is 2.33. The van der Waals surface area contributed by atoms with Crippen molar-refractivity contribution in [2.45, 2.75) is 13.5 Å². The summed E-state index contributed by atoms with van der Waals surface area (Å²) >= 11 is 20.6. The number of anilines is 1. The van der Waals surface area contributed by atoms with Gasteiger partial charge < -0.3 is 9.47 Å². The summed E-state index contributed by atoms with van der Waals surface area (Å²) in [5, 5.41) is 0.584. The van der Waals surface area contributed by atoms with E-state index in [9.17, 15) is 9.18 Å². The monoisotopic (exact) mass is 659 g/mol. The van der Waals surface area contributed by atoms with Crippen LogP contribution in [0.3, 0.4) is 0 Å². The number of carbonyl (C=O) groups is 1. The van der Waals surface area contributed by atoms with Crippen LogP contribution in [0.5, 0.6) is 11.5 Å². The minimum Gasteiger partial charge on any atom is -0.490 e. The molecular weight excluding hydrogens is 643 g/mol. The van der Waals surface area contributed by atoms with E-state index in [1.165, 1.54) is 34.9 Å². The predicted molar refractivity (Wildman–Crippen MR) is 153 cm³/mol. The van der Waals surface area contributed by atoms with Crippen molar-refractivity contribution in [3.63, 3.8) is 0 Å². The number of ether oxygens (including phenoxy) is 2. The number of benzene rings is 3. The van der Waals surface area contributed by atoms with Crippen LogP contribution in [0.15, 0.2) is 59.5 Å². The fourth-order valence-corrected chi connectivity index (χ4v) is 5.66. The standard InChI is InChI=1S/C25H17Cl2FINO3S2/c1-2-32-21-10-15(9-20(29)23(21)33-13-14-3-5-16(26)6-4-14)11-22-24(31)30(25(34)35-22)17-7-8-19(28)18(27)12-17/h3-12H,2,13H2,1H3/b22-11+. The second-order valence-corrected chi connectivity index (χ2v) is 11.0. The number of amides is 1. The summed E-state index contributed by atoms with van der Waals surface area (Å²) in [6.45, 7) is 2.69. The largest absolute Gasteiger partial charge is 0.490 e. The molecule has 1 aliphatic rings. The second kappa shape index (κ2) is 11.5. The van der Waals surface area contributed by atoms with Crippen LogP contribution < -0.4 is 14.4 Å². The Morgan fingerprint density at radius 1 is 1.11 bits per heavy atom. The fourth-order valence-electron chi connectivity index (χ4n) is 3.28. The molecule has 180 valence electrons. The van der Waals surface area contributed by atoms with Gasteiger partial charge in [-0.2, -0.15) is 0 Å². The smallest absolute Gasteiger partial charge is 0.270 e. The van der Waals surface area contributed by atoms with Crippen molar-refractivity contribution >= 4 is 91.8 Å². The lowest BCUT2D eigenvalue weighted by Crippen LogP contribution is -2.27. The van der Waals surface area contributed by atoms with Gasteiger partial charge in [0.1, 0.15) is 12.4 Å². The van der Waals surface area contributed by atoms with E-state index in [0.29, 0.717) is 44.6 Å². The Bertz CT molecular complexity index is 1340. The quantitative estimate of drug-likeness (QED) is 0.146. The molecule has 4 rings (SSSR count). The van der Waals surface area contributed by atoms with Crippen molar-refractivity contribution in [1.82, 2.24) is 0 Å². The number of hydrogen-bond acceptors (Lipinski definition) is 5. The van der Waals surface area contributed by atoms with Gasteiger partial charge in [0.25, 0.3) is 5.91 Å². The van der Waals surface area contributed by atoms with Gasteiger partial charge in [-0.1, -0.05) is 59.3 Å². The van der Waals surface area contributed by atoms with Crippen LogP contribution in [0.1, 0.15) is 18.1 Å². The maximum Gasteiger partial charge on any atom is 0.270 e. The van der Waals surface area contributed by atoms with Crippen LogP contribution in [-0.4, -0.2) is 16.8 Å². The molecule has 0 unspecified atom stereocenters. The Labute approximate surface area is 235 Å². The van der Waals surface area contributed by atoms with E-state index in [-0.39, 0.29) is 10.9 Å². The van der Waals surface area contributed by atoms with Gasteiger partial charge in [0.2, 0.25) is 0 Å². The van der Waals surface area contributed by atoms with Gasteiger partial charge in [0.05, 0.1) is 25.8 Å². The highest BCUT2D eigenvalue weighted by molar-refractivity contribution is 14.1. The normalized spacial score (nSPS) is 14.7. The van der Waals surface area contributed by atoms with Gasteiger partial charge in [-0.15, -0.1) is 0 Å². The molecule has 10 heteroatoms. The fraction of sp³-hybridized carbons (Fsp3) is 0.120. The summed E-state index contributed by atoms with van der Waals surface area (Å²) in [5.41, 5.74) is 2.15. The molecule has 0 spiro atoms. The third-order valence-corrected chi connectivity index (χ3v) is 7.53. The van der Waals surface area contributed by atoms with E-state index in [1.54, 1.807) is 6.08 Å². The average Bonchev–Trinajstić information content (AvgIpc) is 3.09. The zero-order valence-electron chi connectivity index (χ0n) is 18.2. The molecule has 35 heavy (non-hydrogen) atoms. The average molecular weight is 660 g/mol. The van der Waals surface area contributed by atoms with Gasteiger partial charge in [-0.3, -0.25) is 9.69 Å². The van der Waals surface area contributed by atoms with Crippen molar-refractivity contribution in [1.29, 1.82) is 0 Å². The third-order valence-electron chi connectivity index (χ3n) is 4.88. The SMILES string of the molecule is CCOc1cc(/C=C2/SC(=S)N(c3ccc(F)c(Cl)c3)C2=O)cc(I)c1OCc1ccc(Cl)cc1. The van der Waals surface area contributed by atoms with E-state index in [2.05, 4.69) is 22.6 Å². The van der Waals surface area contributed by atoms with E-state index >= 15 is 0 Å². The molecular formula is C25H17Cl2FINO3S2. The molecule has 1 amide bonds. The van der Waals surface area contributed by atoms with E-state index in [4.69, 9.17) is 44.9 Å². The minimum absolute atomic E-state index is 0.0781. The molecule has 0 bridgehead atoms. The third kappa shape index (κ3) is 6.11. The molecule has 1 aliphatic heterocycles. The topological polar surface area (TPSA) is 38.8 Å². The lowest BCUT2D eigenvalue weighted by molar-refractivity contribution is -0.113. The molecule has 3 aromatic rings. The number of rotatable bonds is 7. The minimum atomic E-state index is -0.562. The summed E-state index contributed by atoms with van der Waals surface area (Å²) in [4.78, 5) is 14.9. The predicted octanol–water partition coefficient (Wildman–Crippen LogP) is 8.12.